The number of halogens is 15. The van der Waals surface area contributed by atoms with Crippen molar-refractivity contribution in [3.8, 4) is 0 Å². The van der Waals surface area contributed by atoms with E-state index in [1.165, 1.54) is 0 Å². The van der Waals surface area contributed by atoms with Crippen LogP contribution in [0.2, 0.25) is 0 Å². The first-order valence-corrected chi connectivity index (χ1v) is 7.99. The Labute approximate surface area is 166 Å². The van der Waals surface area contributed by atoms with Gasteiger partial charge >= 0.3 is 58.5 Å². The first-order chi connectivity index (χ1) is 13.8. The van der Waals surface area contributed by atoms with E-state index in [4.69, 9.17) is 0 Å². The highest BCUT2D eigenvalue weighted by Crippen LogP contribution is 2.90. The van der Waals surface area contributed by atoms with Crippen LogP contribution in [0.15, 0.2) is 12.2 Å². The van der Waals surface area contributed by atoms with E-state index in [-0.39, 0.29) is 0 Å². The van der Waals surface area contributed by atoms with Crippen LogP contribution in [0.25, 0.3) is 0 Å². The second-order valence-electron chi connectivity index (χ2n) is 7.68. The molecule has 4 fully saturated rings. The zero-order valence-corrected chi connectivity index (χ0v) is 14.9. The molecule has 17 heteroatoms. The molecule has 4 bridgehead atoms. The summed E-state index contributed by atoms with van der Waals surface area (Å²) >= 11 is 0. The summed E-state index contributed by atoms with van der Waals surface area (Å²) in [5, 5.41) is 0. The van der Waals surface area contributed by atoms with E-state index < -0.39 is 76.1 Å². The fraction of sp³-hybridized carbons (Fsp3) is 0.800. The van der Waals surface area contributed by atoms with Gasteiger partial charge in [-0.05, 0) is 6.92 Å². The Morgan fingerprint density at radius 3 is 1.06 bits per heavy atom. The van der Waals surface area contributed by atoms with Gasteiger partial charge in [0.15, 0.2) is 0 Å². The van der Waals surface area contributed by atoms with Crippen LogP contribution < -0.4 is 0 Å². The maximum atomic E-state index is 14.8. The minimum absolute atomic E-state index is 0.608. The SMILES string of the molecule is C=C(C)C(=O)OCC12C(F)(F)C3(F)C(F)(F)C(F)(C(F)(F)C(F)(C3(F)F)C1(F)F)C2(F)F. The van der Waals surface area contributed by atoms with E-state index in [1.54, 1.807) is 0 Å². The van der Waals surface area contributed by atoms with Crippen molar-refractivity contribution in [3.05, 3.63) is 12.2 Å². The van der Waals surface area contributed by atoms with Gasteiger partial charge in [0.05, 0.1) is 0 Å². The summed E-state index contributed by atoms with van der Waals surface area (Å²) < 4.78 is 221. The number of carbonyl (C=O) groups is 1. The summed E-state index contributed by atoms with van der Waals surface area (Å²) in [5.41, 5.74) is -30.8. The number of ether oxygens (including phenoxy) is 1. The Bertz CT molecular complexity index is 809. The van der Waals surface area contributed by atoms with E-state index in [0.29, 0.717) is 6.92 Å². The number of alkyl halides is 15. The molecule has 4 aliphatic rings. The maximum Gasteiger partial charge on any atom is 0.339 e. The lowest BCUT2D eigenvalue weighted by molar-refractivity contribution is -0.613. The number of carbonyl (C=O) groups excluding carboxylic acids is 1. The van der Waals surface area contributed by atoms with Crippen molar-refractivity contribution >= 4 is 5.97 Å². The molecule has 0 aliphatic heterocycles. The van der Waals surface area contributed by atoms with Crippen LogP contribution in [0.4, 0.5) is 65.9 Å². The highest BCUT2D eigenvalue weighted by Gasteiger charge is 3.22. The number of esters is 1. The third kappa shape index (κ3) is 1.54. The van der Waals surface area contributed by atoms with Crippen LogP contribution in [-0.4, -0.2) is 65.1 Å². The molecule has 0 atom stereocenters. The van der Waals surface area contributed by atoms with Gasteiger partial charge < -0.3 is 4.74 Å². The molecule has 0 aromatic carbocycles. The van der Waals surface area contributed by atoms with Gasteiger partial charge in [-0.3, -0.25) is 0 Å². The second-order valence-corrected chi connectivity index (χ2v) is 7.68. The average Bonchev–Trinajstić information content (AvgIpc) is 2.61. The van der Waals surface area contributed by atoms with Gasteiger partial charge in [-0.1, -0.05) is 6.58 Å². The smallest absolute Gasteiger partial charge is 0.339 e. The molecule has 2 nitrogen and oxygen atoms in total. The largest absolute Gasteiger partial charge is 0.461 e. The molecule has 0 saturated heterocycles. The topological polar surface area (TPSA) is 26.3 Å². The normalized spacial score (nSPS) is 45.4. The van der Waals surface area contributed by atoms with Gasteiger partial charge in [0.1, 0.15) is 6.61 Å². The Hall–Kier alpha value is -1.84. The van der Waals surface area contributed by atoms with Crippen LogP contribution in [0, 0.1) is 5.41 Å². The van der Waals surface area contributed by atoms with Crippen molar-refractivity contribution in [3.63, 3.8) is 0 Å². The summed E-state index contributed by atoms with van der Waals surface area (Å²) in [6.45, 7) is -0.203. The van der Waals surface area contributed by atoms with E-state index in [0.717, 1.165) is 0 Å². The molecule has 0 heterocycles. The monoisotopic (exact) mass is 504 g/mol. The molecule has 0 aromatic heterocycles. The minimum Gasteiger partial charge on any atom is -0.461 e. The highest BCUT2D eigenvalue weighted by molar-refractivity contribution is 5.87. The molecule has 0 spiro atoms. The van der Waals surface area contributed by atoms with Crippen LogP contribution in [0.5, 0.6) is 0 Å². The van der Waals surface area contributed by atoms with Crippen molar-refractivity contribution in [2.24, 2.45) is 5.41 Å². The van der Waals surface area contributed by atoms with Crippen LogP contribution in [0.1, 0.15) is 6.92 Å². The lowest BCUT2D eigenvalue weighted by Gasteiger charge is -2.75. The van der Waals surface area contributed by atoms with Gasteiger partial charge in [-0.25, -0.2) is 44.3 Å². The molecule has 4 rings (SSSR count). The number of hydrogen-bond acceptors (Lipinski definition) is 2. The van der Waals surface area contributed by atoms with Crippen LogP contribution in [0.3, 0.4) is 0 Å². The molecule has 0 aromatic rings. The summed E-state index contributed by atoms with van der Waals surface area (Å²) in [7, 11) is 0. The van der Waals surface area contributed by atoms with E-state index in [2.05, 4.69) is 11.3 Å². The third-order valence-corrected chi connectivity index (χ3v) is 6.27. The molecule has 4 aliphatic carbocycles. The van der Waals surface area contributed by atoms with Gasteiger partial charge in [-0.15, -0.1) is 0 Å². The van der Waals surface area contributed by atoms with E-state index in [1.807, 2.05) is 0 Å². The first kappa shape index (κ1) is 24.8. The summed E-state index contributed by atoms with van der Waals surface area (Å²) in [6.07, 6.45) is 0. The van der Waals surface area contributed by atoms with Gasteiger partial charge in [0.2, 0.25) is 5.41 Å². The molecule has 184 valence electrons. The zero-order chi connectivity index (χ0) is 25.6. The Balaban J connectivity index is 2.58. The Kier molecular flexibility index (Phi) is 4.09. The van der Waals surface area contributed by atoms with Gasteiger partial charge in [0.25, 0.3) is 0 Å². The number of rotatable bonds is 3. The predicted molar refractivity (Wildman–Crippen MR) is 69.4 cm³/mol. The standard InChI is InChI=1S/C15H7F15O2/c1-4(2)5(31)32-3-6-10(19,20)7(16)13(25,26)8(17,11(6,21)22)15(29,30)9(18,12(6,23)24)14(7,27)28/h1,3H2,2H3. The van der Waals surface area contributed by atoms with E-state index >= 15 is 0 Å². The lowest BCUT2D eigenvalue weighted by Crippen LogP contribution is -3.08. The summed E-state index contributed by atoms with van der Waals surface area (Å²) in [4.78, 5) is 11.3. The highest BCUT2D eigenvalue weighted by atomic mass is 19.3. The third-order valence-electron chi connectivity index (χ3n) is 6.27. The van der Waals surface area contributed by atoms with Crippen LogP contribution >= 0.6 is 0 Å². The summed E-state index contributed by atoms with van der Waals surface area (Å²) in [5.74, 6) is -48.5. The molecule has 0 radical (unpaired) electrons. The fourth-order valence-corrected chi connectivity index (χ4v) is 4.53. The average molecular weight is 504 g/mol. The van der Waals surface area contributed by atoms with E-state index in [9.17, 15) is 70.7 Å². The molecule has 0 amide bonds. The Morgan fingerprint density at radius 2 is 0.844 bits per heavy atom. The van der Waals surface area contributed by atoms with Crippen molar-refractivity contribution in [2.75, 3.05) is 6.61 Å². The Morgan fingerprint density at radius 1 is 0.594 bits per heavy atom. The molecule has 4 saturated carbocycles. The van der Waals surface area contributed by atoms with Crippen molar-refractivity contribution in [1.29, 1.82) is 0 Å². The molecular weight excluding hydrogens is 497 g/mol. The fourth-order valence-electron chi connectivity index (χ4n) is 4.53. The van der Waals surface area contributed by atoms with Crippen molar-refractivity contribution < 1.29 is 75.4 Å². The molecule has 0 unspecified atom stereocenters. The van der Waals surface area contributed by atoms with Gasteiger partial charge in [-0.2, -0.15) is 26.3 Å². The lowest BCUT2D eigenvalue weighted by atomic mass is 9.36. The van der Waals surface area contributed by atoms with Gasteiger partial charge in [0, 0.05) is 5.57 Å². The molecular formula is C15H7F15O2. The van der Waals surface area contributed by atoms with Crippen molar-refractivity contribution in [1.82, 2.24) is 0 Å². The predicted octanol–water partition coefficient (Wildman–Crippen LogP) is 5.07. The number of hydrogen-bond donors (Lipinski definition) is 0. The van der Waals surface area contributed by atoms with Crippen molar-refractivity contribution in [2.45, 2.75) is 59.5 Å². The quantitative estimate of drug-likeness (QED) is 0.305. The maximum absolute atomic E-state index is 14.8. The first-order valence-electron chi connectivity index (χ1n) is 7.99. The van der Waals surface area contributed by atoms with Crippen LogP contribution in [-0.2, 0) is 9.53 Å². The molecule has 0 N–H and O–H groups in total. The molecule has 32 heavy (non-hydrogen) atoms. The second kappa shape index (κ2) is 5.28. The summed E-state index contributed by atoms with van der Waals surface area (Å²) in [6, 6.07) is 0. The minimum atomic E-state index is -7.85. The zero-order valence-electron chi connectivity index (χ0n) is 14.9.